The van der Waals surface area contributed by atoms with E-state index in [1.165, 1.54) is 28.8 Å². The Morgan fingerprint density at radius 2 is 1.62 bits per heavy atom. The van der Waals surface area contributed by atoms with Crippen LogP contribution in [0.25, 0.3) is 16.6 Å². The molecule has 29 heavy (non-hydrogen) atoms. The van der Waals surface area contributed by atoms with E-state index >= 15 is 0 Å². The summed E-state index contributed by atoms with van der Waals surface area (Å²) in [5, 5.41) is 5.87. The SMILES string of the molecule is O=C(NCc1nc2ccccc2c(=O)n1-c1ccc(F)cc1)Nc1ccccc1. The third-order valence-corrected chi connectivity index (χ3v) is 4.37. The van der Waals surface area contributed by atoms with E-state index in [9.17, 15) is 14.0 Å². The van der Waals surface area contributed by atoms with E-state index in [2.05, 4.69) is 15.6 Å². The molecular formula is C22H17FN4O2. The van der Waals surface area contributed by atoms with Crippen LogP contribution in [-0.2, 0) is 6.54 Å². The van der Waals surface area contributed by atoms with E-state index < -0.39 is 11.8 Å². The van der Waals surface area contributed by atoms with Crippen LogP contribution in [0.1, 0.15) is 5.82 Å². The molecule has 0 aliphatic heterocycles. The molecule has 0 bridgehead atoms. The number of rotatable bonds is 4. The summed E-state index contributed by atoms with van der Waals surface area (Å²) in [6.07, 6.45) is 0. The zero-order valence-corrected chi connectivity index (χ0v) is 15.3. The van der Waals surface area contributed by atoms with Crippen molar-refractivity contribution in [1.82, 2.24) is 14.9 Å². The van der Waals surface area contributed by atoms with Crippen molar-refractivity contribution < 1.29 is 9.18 Å². The van der Waals surface area contributed by atoms with Gasteiger partial charge in [-0.15, -0.1) is 0 Å². The molecule has 3 aromatic carbocycles. The van der Waals surface area contributed by atoms with Gasteiger partial charge in [0.05, 0.1) is 23.1 Å². The second-order valence-electron chi connectivity index (χ2n) is 6.34. The Hall–Kier alpha value is -4.00. The highest BCUT2D eigenvalue weighted by Gasteiger charge is 2.13. The van der Waals surface area contributed by atoms with Gasteiger partial charge in [-0.1, -0.05) is 30.3 Å². The molecule has 1 heterocycles. The molecule has 0 saturated carbocycles. The summed E-state index contributed by atoms with van der Waals surface area (Å²) >= 11 is 0. The summed E-state index contributed by atoms with van der Waals surface area (Å²) in [6, 6.07) is 21.1. The van der Waals surface area contributed by atoms with Gasteiger partial charge in [0.1, 0.15) is 11.6 Å². The van der Waals surface area contributed by atoms with Gasteiger partial charge in [-0.05, 0) is 48.5 Å². The van der Waals surface area contributed by atoms with Gasteiger partial charge in [-0.3, -0.25) is 9.36 Å². The second-order valence-corrected chi connectivity index (χ2v) is 6.34. The lowest BCUT2D eigenvalue weighted by molar-refractivity contribution is 0.251. The number of nitrogens with zero attached hydrogens (tertiary/aromatic N) is 2. The zero-order chi connectivity index (χ0) is 20.2. The van der Waals surface area contributed by atoms with Crippen LogP contribution in [0.4, 0.5) is 14.9 Å². The maximum absolute atomic E-state index is 13.3. The lowest BCUT2D eigenvalue weighted by Crippen LogP contribution is -2.32. The van der Waals surface area contributed by atoms with Crippen molar-refractivity contribution in [2.45, 2.75) is 6.54 Å². The number of amides is 2. The molecule has 4 aromatic rings. The molecule has 4 rings (SSSR count). The van der Waals surface area contributed by atoms with Gasteiger partial charge in [0.15, 0.2) is 0 Å². The minimum Gasteiger partial charge on any atom is -0.331 e. The number of para-hydroxylation sites is 2. The molecule has 0 spiro atoms. The van der Waals surface area contributed by atoms with Crippen LogP contribution < -0.4 is 16.2 Å². The lowest BCUT2D eigenvalue weighted by Gasteiger charge is -2.14. The third-order valence-electron chi connectivity index (χ3n) is 4.37. The Labute approximate surface area is 165 Å². The normalized spacial score (nSPS) is 10.7. The number of carbonyl (C=O) groups excluding carboxylic acids is 1. The van der Waals surface area contributed by atoms with Gasteiger partial charge in [-0.2, -0.15) is 0 Å². The number of fused-ring (bicyclic) bond motifs is 1. The molecule has 6 nitrogen and oxygen atoms in total. The fraction of sp³-hybridized carbons (Fsp3) is 0.0455. The maximum atomic E-state index is 13.3. The number of halogens is 1. The molecule has 0 saturated heterocycles. The number of urea groups is 1. The van der Waals surface area contributed by atoms with Crippen LogP contribution in [0.15, 0.2) is 83.7 Å². The molecule has 0 radical (unpaired) electrons. The van der Waals surface area contributed by atoms with E-state index in [0.717, 1.165) is 0 Å². The van der Waals surface area contributed by atoms with Crippen molar-refractivity contribution >= 4 is 22.6 Å². The molecule has 0 fully saturated rings. The van der Waals surface area contributed by atoms with E-state index in [4.69, 9.17) is 0 Å². The Balaban J connectivity index is 1.68. The standard InChI is InChI=1S/C22H17FN4O2/c23-15-10-12-17(13-11-15)27-20(26-19-9-5-4-8-18(19)21(27)28)14-24-22(29)25-16-6-2-1-3-7-16/h1-13H,14H2,(H2,24,25,29). The molecule has 2 N–H and O–H groups in total. The molecule has 0 aliphatic rings. The van der Waals surface area contributed by atoms with Gasteiger partial charge in [0, 0.05) is 5.69 Å². The van der Waals surface area contributed by atoms with Crippen molar-refractivity contribution in [3.63, 3.8) is 0 Å². The van der Waals surface area contributed by atoms with Crippen molar-refractivity contribution in [3.05, 3.63) is 101 Å². The average molecular weight is 388 g/mol. The second kappa shape index (κ2) is 7.93. The first-order valence-electron chi connectivity index (χ1n) is 8.98. The Kier molecular flexibility index (Phi) is 5.03. The Bertz CT molecular complexity index is 1220. The summed E-state index contributed by atoms with van der Waals surface area (Å²) in [4.78, 5) is 29.9. The Morgan fingerprint density at radius 3 is 2.38 bits per heavy atom. The predicted molar refractivity (Wildman–Crippen MR) is 110 cm³/mol. The topological polar surface area (TPSA) is 76.0 Å². The number of hydrogen-bond donors (Lipinski definition) is 2. The van der Waals surface area contributed by atoms with Crippen LogP contribution in [0.2, 0.25) is 0 Å². The van der Waals surface area contributed by atoms with Crippen LogP contribution in [0.5, 0.6) is 0 Å². The van der Waals surface area contributed by atoms with E-state index in [1.54, 1.807) is 36.4 Å². The van der Waals surface area contributed by atoms with Gasteiger partial charge >= 0.3 is 6.03 Å². The highest BCUT2D eigenvalue weighted by atomic mass is 19.1. The molecule has 7 heteroatoms. The number of aromatic nitrogens is 2. The summed E-state index contributed by atoms with van der Waals surface area (Å²) in [7, 11) is 0. The van der Waals surface area contributed by atoms with Gasteiger partial charge in [0.2, 0.25) is 0 Å². The number of carbonyl (C=O) groups is 1. The zero-order valence-electron chi connectivity index (χ0n) is 15.3. The van der Waals surface area contributed by atoms with E-state index in [-0.39, 0.29) is 12.1 Å². The lowest BCUT2D eigenvalue weighted by atomic mass is 10.2. The summed E-state index contributed by atoms with van der Waals surface area (Å²) in [5.41, 5.74) is 1.35. The smallest absolute Gasteiger partial charge is 0.319 e. The minimum atomic E-state index is -0.427. The number of benzene rings is 3. The molecule has 1 aromatic heterocycles. The van der Waals surface area contributed by atoms with E-state index in [0.29, 0.717) is 28.1 Å². The van der Waals surface area contributed by atoms with E-state index in [1.807, 2.05) is 18.2 Å². The first kappa shape index (κ1) is 18.4. The summed E-state index contributed by atoms with van der Waals surface area (Å²) in [5.74, 6) is -0.0685. The van der Waals surface area contributed by atoms with Crippen LogP contribution in [0.3, 0.4) is 0 Å². The minimum absolute atomic E-state index is 0.0100. The van der Waals surface area contributed by atoms with Gasteiger partial charge in [-0.25, -0.2) is 14.2 Å². The Morgan fingerprint density at radius 1 is 0.931 bits per heavy atom. The molecule has 144 valence electrons. The monoisotopic (exact) mass is 388 g/mol. The molecule has 0 aliphatic carbocycles. The fourth-order valence-electron chi connectivity index (χ4n) is 3.01. The molecular weight excluding hydrogens is 371 g/mol. The predicted octanol–water partition coefficient (Wildman–Crippen LogP) is 3.85. The maximum Gasteiger partial charge on any atom is 0.319 e. The average Bonchev–Trinajstić information content (AvgIpc) is 2.74. The van der Waals surface area contributed by atoms with Crippen molar-refractivity contribution in [2.24, 2.45) is 0 Å². The summed E-state index contributed by atoms with van der Waals surface area (Å²) < 4.78 is 14.7. The van der Waals surface area contributed by atoms with Gasteiger partial charge < -0.3 is 10.6 Å². The number of nitrogens with one attached hydrogen (secondary N) is 2. The molecule has 2 amide bonds. The van der Waals surface area contributed by atoms with Crippen LogP contribution >= 0.6 is 0 Å². The van der Waals surface area contributed by atoms with Crippen molar-refractivity contribution in [2.75, 3.05) is 5.32 Å². The van der Waals surface area contributed by atoms with Gasteiger partial charge in [0.25, 0.3) is 5.56 Å². The number of anilines is 1. The fourth-order valence-corrected chi connectivity index (χ4v) is 3.01. The molecule has 0 atom stereocenters. The van der Waals surface area contributed by atoms with Crippen molar-refractivity contribution in [3.8, 4) is 5.69 Å². The van der Waals surface area contributed by atoms with Crippen LogP contribution in [-0.4, -0.2) is 15.6 Å². The van der Waals surface area contributed by atoms with Crippen LogP contribution in [0, 0.1) is 5.82 Å². The summed E-state index contributed by atoms with van der Waals surface area (Å²) in [6.45, 7) is 0.0100. The number of hydrogen-bond acceptors (Lipinski definition) is 3. The largest absolute Gasteiger partial charge is 0.331 e. The first-order chi connectivity index (χ1) is 14.1. The highest BCUT2D eigenvalue weighted by Crippen LogP contribution is 2.14. The quantitative estimate of drug-likeness (QED) is 0.558. The third kappa shape index (κ3) is 3.98. The first-order valence-corrected chi connectivity index (χ1v) is 8.98. The molecule has 0 unspecified atom stereocenters. The van der Waals surface area contributed by atoms with Crippen molar-refractivity contribution in [1.29, 1.82) is 0 Å². The highest BCUT2D eigenvalue weighted by molar-refractivity contribution is 5.89.